The highest BCUT2D eigenvalue weighted by atomic mass is 16.2. The van der Waals surface area contributed by atoms with Crippen LogP contribution in [0.1, 0.15) is 57.8 Å². The van der Waals surface area contributed by atoms with E-state index in [1.54, 1.807) is 0 Å². The molecule has 1 aliphatic heterocycles. The Kier molecular flexibility index (Phi) is 5.38. The molecule has 2 fully saturated rings. The fourth-order valence-electron chi connectivity index (χ4n) is 3.35. The molecule has 0 aromatic heterocycles. The van der Waals surface area contributed by atoms with Crippen LogP contribution in [0.15, 0.2) is 0 Å². The Morgan fingerprint density at radius 1 is 1.14 bits per heavy atom. The van der Waals surface area contributed by atoms with E-state index in [9.17, 15) is 9.59 Å². The van der Waals surface area contributed by atoms with E-state index < -0.39 is 11.5 Å². The standard InChI is InChI=1S/C16H22N4O2/c17-10-6-7-13(11-18)12-20-14(21)16(19-15(20)22)8-4-2-1-3-5-9-16/h13H,1-9,12H2,(H,19,22)/t13-/m1/s1. The molecule has 1 saturated heterocycles. The van der Waals surface area contributed by atoms with Gasteiger partial charge in [0.25, 0.3) is 5.91 Å². The van der Waals surface area contributed by atoms with Gasteiger partial charge in [0.1, 0.15) is 5.54 Å². The molecule has 22 heavy (non-hydrogen) atoms. The summed E-state index contributed by atoms with van der Waals surface area (Å²) in [7, 11) is 0. The van der Waals surface area contributed by atoms with Gasteiger partial charge in [-0.3, -0.25) is 9.69 Å². The quantitative estimate of drug-likeness (QED) is 0.807. The van der Waals surface area contributed by atoms with Crippen LogP contribution < -0.4 is 5.32 Å². The number of nitriles is 2. The Balaban J connectivity index is 2.07. The molecule has 1 spiro atoms. The first-order valence-corrected chi connectivity index (χ1v) is 8.03. The molecular formula is C16H22N4O2. The lowest BCUT2D eigenvalue weighted by Crippen LogP contribution is -2.47. The molecule has 2 aliphatic rings. The summed E-state index contributed by atoms with van der Waals surface area (Å²) in [5.41, 5.74) is -0.757. The Morgan fingerprint density at radius 3 is 2.36 bits per heavy atom. The van der Waals surface area contributed by atoms with Crippen molar-refractivity contribution in [2.75, 3.05) is 6.54 Å². The van der Waals surface area contributed by atoms with E-state index >= 15 is 0 Å². The van der Waals surface area contributed by atoms with Crippen LogP contribution in [-0.2, 0) is 4.79 Å². The molecule has 0 radical (unpaired) electrons. The monoisotopic (exact) mass is 302 g/mol. The minimum atomic E-state index is -0.757. The molecule has 6 heteroatoms. The molecule has 0 aromatic carbocycles. The number of rotatable bonds is 4. The molecule has 1 atom stereocenters. The molecule has 3 amide bonds. The zero-order valence-electron chi connectivity index (χ0n) is 12.8. The molecule has 0 aromatic rings. The van der Waals surface area contributed by atoms with Crippen LogP contribution in [-0.4, -0.2) is 28.9 Å². The number of nitrogens with one attached hydrogen (secondary N) is 1. The predicted molar refractivity (Wildman–Crippen MR) is 79.2 cm³/mol. The van der Waals surface area contributed by atoms with Crippen molar-refractivity contribution in [3.63, 3.8) is 0 Å². The third-order valence-corrected chi connectivity index (χ3v) is 4.64. The second-order valence-electron chi connectivity index (χ2n) is 6.22. The second-order valence-corrected chi connectivity index (χ2v) is 6.22. The maximum absolute atomic E-state index is 12.8. The second kappa shape index (κ2) is 7.26. The molecule has 118 valence electrons. The van der Waals surface area contributed by atoms with Crippen molar-refractivity contribution in [3.8, 4) is 12.1 Å². The van der Waals surface area contributed by atoms with Crippen molar-refractivity contribution >= 4 is 11.9 Å². The topological polar surface area (TPSA) is 97.0 Å². The maximum Gasteiger partial charge on any atom is 0.325 e. The lowest BCUT2D eigenvalue weighted by atomic mass is 9.84. The number of hydrogen-bond donors (Lipinski definition) is 1. The third-order valence-electron chi connectivity index (χ3n) is 4.64. The van der Waals surface area contributed by atoms with Gasteiger partial charge in [-0.1, -0.05) is 32.1 Å². The van der Waals surface area contributed by atoms with E-state index in [0.717, 1.165) is 25.7 Å². The van der Waals surface area contributed by atoms with Gasteiger partial charge < -0.3 is 5.32 Å². The third kappa shape index (κ3) is 3.39. The van der Waals surface area contributed by atoms with Crippen molar-refractivity contribution in [1.29, 1.82) is 10.5 Å². The zero-order valence-corrected chi connectivity index (χ0v) is 12.8. The van der Waals surface area contributed by atoms with Crippen LogP contribution in [0.25, 0.3) is 0 Å². The van der Waals surface area contributed by atoms with E-state index in [4.69, 9.17) is 10.5 Å². The summed E-state index contributed by atoms with van der Waals surface area (Å²) >= 11 is 0. The molecule has 2 rings (SSSR count). The molecule has 1 saturated carbocycles. The Hall–Kier alpha value is -2.08. The molecule has 1 aliphatic carbocycles. The number of urea groups is 1. The van der Waals surface area contributed by atoms with Crippen LogP contribution in [0.3, 0.4) is 0 Å². The predicted octanol–water partition coefficient (Wildman–Crippen LogP) is 2.46. The van der Waals surface area contributed by atoms with Crippen molar-refractivity contribution in [1.82, 2.24) is 10.2 Å². The van der Waals surface area contributed by atoms with Crippen molar-refractivity contribution < 1.29 is 9.59 Å². The van der Waals surface area contributed by atoms with Crippen LogP contribution in [0, 0.1) is 28.6 Å². The van der Waals surface area contributed by atoms with Gasteiger partial charge in [0.05, 0.1) is 18.1 Å². The molecule has 1 heterocycles. The largest absolute Gasteiger partial charge is 0.325 e. The number of carbonyl (C=O) groups is 2. The van der Waals surface area contributed by atoms with Crippen LogP contribution in [0.5, 0.6) is 0 Å². The number of carbonyl (C=O) groups excluding carboxylic acids is 2. The van der Waals surface area contributed by atoms with Gasteiger partial charge in [-0.15, -0.1) is 0 Å². The zero-order chi connectivity index (χ0) is 16.0. The summed E-state index contributed by atoms with van der Waals surface area (Å²) in [4.78, 5) is 26.1. The van der Waals surface area contributed by atoms with Gasteiger partial charge in [-0.25, -0.2) is 4.79 Å². The highest BCUT2D eigenvalue weighted by Crippen LogP contribution is 2.32. The summed E-state index contributed by atoms with van der Waals surface area (Å²) in [6, 6.07) is 3.70. The summed E-state index contributed by atoms with van der Waals surface area (Å²) in [6.07, 6.45) is 7.26. The van der Waals surface area contributed by atoms with E-state index in [0.29, 0.717) is 19.3 Å². The average molecular weight is 302 g/mol. The first-order valence-electron chi connectivity index (χ1n) is 8.03. The fourth-order valence-corrected chi connectivity index (χ4v) is 3.35. The van der Waals surface area contributed by atoms with Crippen LogP contribution in [0.2, 0.25) is 0 Å². The number of nitrogens with zero attached hydrogens (tertiary/aromatic N) is 3. The smallest absolute Gasteiger partial charge is 0.323 e. The van der Waals surface area contributed by atoms with Gasteiger partial charge in [0.15, 0.2) is 0 Å². The van der Waals surface area contributed by atoms with E-state index in [2.05, 4.69) is 11.4 Å². The van der Waals surface area contributed by atoms with Crippen LogP contribution in [0.4, 0.5) is 4.79 Å². The summed E-state index contributed by atoms with van der Waals surface area (Å²) < 4.78 is 0. The molecule has 0 bridgehead atoms. The van der Waals surface area contributed by atoms with Gasteiger partial charge in [0.2, 0.25) is 0 Å². The number of imide groups is 1. The van der Waals surface area contributed by atoms with Crippen molar-refractivity contribution in [2.24, 2.45) is 5.92 Å². The van der Waals surface area contributed by atoms with E-state index in [1.165, 1.54) is 11.3 Å². The molecule has 0 unspecified atom stereocenters. The number of amides is 3. The Bertz CT molecular complexity index is 509. The van der Waals surface area contributed by atoms with Crippen molar-refractivity contribution in [2.45, 2.75) is 63.3 Å². The van der Waals surface area contributed by atoms with E-state index in [1.807, 2.05) is 6.07 Å². The Labute approximate surface area is 131 Å². The Morgan fingerprint density at radius 2 is 1.77 bits per heavy atom. The fraction of sp³-hybridized carbons (Fsp3) is 0.750. The van der Waals surface area contributed by atoms with Gasteiger partial charge in [-0.05, 0) is 19.3 Å². The highest BCUT2D eigenvalue weighted by Gasteiger charge is 2.50. The van der Waals surface area contributed by atoms with Gasteiger partial charge >= 0.3 is 6.03 Å². The molecule has 6 nitrogen and oxygen atoms in total. The summed E-state index contributed by atoms with van der Waals surface area (Å²) in [6.45, 7) is 0.0879. The van der Waals surface area contributed by atoms with Crippen LogP contribution >= 0.6 is 0 Å². The lowest BCUT2D eigenvalue weighted by Gasteiger charge is -2.28. The molecular weight excluding hydrogens is 280 g/mol. The first kappa shape index (κ1) is 16.3. The van der Waals surface area contributed by atoms with E-state index in [-0.39, 0.29) is 24.9 Å². The summed E-state index contributed by atoms with van der Waals surface area (Å²) in [5, 5.41) is 20.6. The van der Waals surface area contributed by atoms with Crippen molar-refractivity contribution in [3.05, 3.63) is 0 Å². The highest BCUT2D eigenvalue weighted by molar-refractivity contribution is 6.07. The average Bonchev–Trinajstić information content (AvgIpc) is 2.72. The number of hydrogen-bond acceptors (Lipinski definition) is 4. The van der Waals surface area contributed by atoms with Gasteiger partial charge in [0, 0.05) is 13.0 Å². The SMILES string of the molecule is N#CCC[C@H](C#N)CN1C(=O)NC2(CCCCCCC2)C1=O. The first-order chi connectivity index (χ1) is 10.6. The minimum Gasteiger partial charge on any atom is -0.323 e. The minimum absolute atomic E-state index is 0.0879. The maximum atomic E-state index is 12.8. The molecule has 1 N–H and O–H groups in total. The normalized spacial score (nSPS) is 22.4. The summed E-state index contributed by atoms with van der Waals surface area (Å²) in [5.74, 6) is -0.658. The lowest BCUT2D eigenvalue weighted by molar-refractivity contribution is -0.132. The van der Waals surface area contributed by atoms with Gasteiger partial charge in [-0.2, -0.15) is 10.5 Å².